The van der Waals surface area contributed by atoms with Gasteiger partial charge in [-0.05, 0) is 19.1 Å². The second kappa shape index (κ2) is 6.64. The molecule has 0 bridgehead atoms. The summed E-state index contributed by atoms with van der Waals surface area (Å²) < 4.78 is 5.00. The SMILES string of the molecule is COCc1nc(N(C)Cc2cccc(C)n2)sc1C(=O)O. The number of pyridine rings is 1. The summed E-state index contributed by atoms with van der Waals surface area (Å²) in [4.78, 5) is 22.1. The molecule has 0 atom stereocenters. The average molecular weight is 307 g/mol. The van der Waals surface area contributed by atoms with E-state index in [-0.39, 0.29) is 11.5 Å². The van der Waals surface area contributed by atoms with E-state index in [1.807, 2.05) is 37.1 Å². The molecule has 2 rings (SSSR count). The number of rotatable bonds is 6. The van der Waals surface area contributed by atoms with Crippen LogP contribution in [0.2, 0.25) is 0 Å². The second-order valence-corrected chi connectivity index (χ2v) is 5.61. The van der Waals surface area contributed by atoms with Crippen LogP contribution < -0.4 is 4.90 Å². The maximum atomic E-state index is 11.2. The molecule has 2 aromatic heterocycles. The molecule has 0 saturated carbocycles. The molecule has 0 aliphatic rings. The molecule has 0 spiro atoms. The maximum absolute atomic E-state index is 11.2. The van der Waals surface area contributed by atoms with Crippen molar-refractivity contribution in [2.45, 2.75) is 20.1 Å². The van der Waals surface area contributed by atoms with Gasteiger partial charge in [-0.1, -0.05) is 17.4 Å². The number of hydrogen-bond acceptors (Lipinski definition) is 6. The Balaban J connectivity index is 2.20. The highest BCUT2D eigenvalue weighted by molar-refractivity contribution is 7.17. The fourth-order valence-electron chi connectivity index (χ4n) is 1.90. The van der Waals surface area contributed by atoms with Crippen molar-refractivity contribution in [2.24, 2.45) is 0 Å². The van der Waals surface area contributed by atoms with Gasteiger partial charge in [-0.2, -0.15) is 0 Å². The number of aromatic nitrogens is 2. The Hall–Kier alpha value is -1.99. The van der Waals surface area contributed by atoms with Crippen LogP contribution in [0.1, 0.15) is 26.8 Å². The lowest BCUT2D eigenvalue weighted by Crippen LogP contribution is -2.17. The number of aromatic carboxylic acids is 1. The molecule has 0 radical (unpaired) electrons. The summed E-state index contributed by atoms with van der Waals surface area (Å²) >= 11 is 1.15. The van der Waals surface area contributed by atoms with Crippen molar-refractivity contribution < 1.29 is 14.6 Å². The van der Waals surface area contributed by atoms with Crippen LogP contribution in [0.3, 0.4) is 0 Å². The van der Waals surface area contributed by atoms with Crippen LogP contribution >= 0.6 is 11.3 Å². The Kier molecular flexibility index (Phi) is 4.87. The van der Waals surface area contributed by atoms with Crippen molar-refractivity contribution in [3.63, 3.8) is 0 Å². The number of aryl methyl sites for hydroxylation is 1. The zero-order valence-electron chi connectivity index (χ0n) is 12.2. The summed E-state index contributed by atoms with van der Waals surface area (Å²) in [5, 5.41) is 9.84. The topological polar surface area (TPSA) is 75.5 Å². The van der Waals surface area contributed by atoms with Gasteiger partial charge in [0.25, 0.3) is 0 Å². The van der Waals surface area contributed by atoms with Crippen molar-refractivity contribution in [3.05, 3.63) is 40.2 Å². The molecule has 0 aromatic carbocycles. The van der Waals surface area contributed by atoms with Crippen molar-refractivity contribution in [1.29, 1.82) is 0 Å². The van der Waals surface area contributed by atoms with E-state index in [9.17, 15) is 9.90 Å². The van der Waals surface area contributed by atoms with Crippen LogP contribution in [-0.2, 0) is 17.9 Å². The number of nitrogens with zero attached hydrogens (tertiary/aromatic N) is 3. The molecule has 0 unspecified atom stereocenters. The Morgan fingerprint density at radius 1 is 1.43 bits per heavy atom. The van der Waals surface area contributed by atoms with Crippen LogP contribution in [0.5, 0.6) is 0 Å². The summed E-state index contributed by atoms with van der Waals surface area (Å²) in [6, 6.07) is 5.82. The Bertz CT molecular complexity index is 642. The summed E-state index contributed by atoms with van der Waals surface area (Å²) in [5.41, 5.74) is 2.32. The molecule has 112 valence electrons. The Morgan fingerprint density at radius 3 is 2.81 bits per heavy atom. The number of hydrogen-bond donors (Lipinski definition) is 1. The van der Waals surface area contributed by atoms with Crippen LogP contribution in [0, 0.1) is 6.92 Å². The molecule has 0 saturated heterocycles. The molecule has 2 aromatic rings. The van der Waals surface area contributed by atoms with E-state index in [0.29, 0.717) is 17.4 Å². The van der Waals surface area contributed by atoms with Gasteiger partial charge in [0, 0.05) is 19.9 Å². The van der Waals surface area contributed by atoms with Gasteiger partial charge >= 0.3 is 5.97 Å². The highest BCUT2D eigenvalue weighted by atomic mass is 32.1. The van der Waals surface area contributed by atoms with Crippen molar-refractivity contribution in [3.8, 4) is 0 Å². The van der Waals surface area contributed by atoms with E-state index < -0.39 is 5.97 Å². The van der Waals surface area contributed by atoms with E-state index >= 15 is 0 Å². The number of methoxy groups -OCH3 is 1. The summed E-state index contributed by atoms with van der Waals surface area (Å²) in [7, 11) is 3.39. The van der Waals surface area contributed by atoms with Gasteiger partial charge in [0.1, 0.15) is 4.88 Å². The maximum Gasteiger partial charge on any atom is 0.347 e. The average Bonchev–Trinajstić information content (AvgIpc) is 2.83. The van der Waals surface area contributed by atoms with Gasteiger partial charge in [-0.25, -0.2) is 9.78 Å². The number of carboxylic acids is 1. The van der Waals surface area contributed by atoms with E-state index in [2.05, 4.69) is 9.97 Å². The van der Waals surface area contributed by atoms with E-state index in [4.69, 9.17) is 4.74 Å². The molecule has 0 aliphatic carbocycles. The summed E-state index contributed by atoms with van der Waals surface area (Å²) in [6.07, 6.45) is 0. The monoisotopic (exact) mass is 307 g/mol. The minimum Gasteiger partial charge on any atom is -0.477 e. The first-order valence-corrected chi connectivity index (χ1v) is 7.18. The molecule has 21 heavy (non-hydrogen) atoms. The Morgan fingerprint density at radius 2 is 2.19 bits per heavy atom. The van der Waals surface area contributed by atoms with E-state index in [1.54, 1.807) is 0 Å². The minimum atomic E-state index is -0.979. The third-order valence-electron chi connectivity index (χ3n) is 2.83. The molecular weight excluding hydrogens is 290 g/mol. The second-order valence-electron chi connectivity index (χ2n) is 4.64. The standard InChI is InChI=1S/C14H17N3O3S/c1-9-5-4-6-10(15-9)7-17(2)14-16-11(8-20-3)12(21-14)13(18)19/h4-6H,7-8H2,1-3H3,(H,18,19). The third kappa shape index (κ3) is 3.77. The molecule has 0 fully saturated rings. The van der Waals surface area contributed by atoms with E-state index in [1.165, 1.54) is 7.11 Å². The number of anilines is 1. The highest BCUT2D eigenvalue weighted by Crippen LogP contribution is 2.27. The molecule has 2 heterocycles. The van der Waals surface area contributed by atoms with E-state index in [0.717, 1.165) is 22.7 Å². The molecule has 0 aliphatic heterocycles. The lowest BCUT2D eigenvalue weighted by molar-refractivity contribution is 0.0697. The van der Waals surface area contributed by atoms with Gasteiger partial charge in [-0.3, -0.25) is 4.98 Å². The van der Waals surface area contributed by atoms with Crippen LogP contribution in [0.25, 0.3) is 0 Å². The van der Waals surface area contributed by atoms with Crippen LogP contribution in [0.4, 0.5) is 5.13 Å². The van der Waals surface area contributed by atoms with Gasteiger partial charge in [0.05, 0.1) is 24.5 Å². The first kappa shape index (κ1) is 15.4. The van der Waals surface area contributed by atoms with Gasteiger partial charge in [0.2, 0.25) is 0 Å². The lowest BCUT2D eigenvalue weighted by Gasteiger charge is -2.15. The van der Waals surface area contributed by atoms with Crippen LogP contribution in [-0.4, -0.2) is 35.2 Å². The fourth-order valence-corrected chi connectivity index (χ4v) is 2.77. The van der Waals surface area contributed by atoms with Crippen LogP contribution in [0.15, 0.2) is 18.2 Å². The largest absolute Gasteiger partial charge is 0.477 e. The van der Waals surface area contributed by atoms with Crippen molar-refractivity contribution in [2.75, 3.05) is 19.1 Å². The third-order valence-corrected chi connectivity index (χ3v) is 4.03. The fraction of sp³-hybridized carbons (Fsp3) is 0.357. The zero-order chi connectivity index (χ0) is 15.4. The molecule has 6 nitrogen and oxygen atoms in total. The lowest BCUT2D eigenvalue weighted by atomic mass is 10.3. The molecule has 1 N–H and O–H groups in total. The van der Waals surface area contributed by atoms with Gasteiger partial charge < -0.3 is 14.7 Å². The highest BCUT2D eigenvalue weighted by Gasteiger charge is 2.19. The Labute approximate surface area is 127 Å². The quantitative estimate of drug-likeness (QED) is 0.882. The number of carboxylic acid groups (broad SMARTS) is 1. The minimum absolute atomic E-state index is 0.189. The van der Waals surface area contributed by atoms with Gasteiger partial charge in [0.15, 0.2) is 5.13 Å². The van der Waals surface area contributed by atoms with Gasteiger partial charge in [-0.15, -0.1) is 0 Å². The first-order valence-electron chi connectivity index (χ1n) is 6.37. The summed E-state index contributed by atoms with van der Waals surface area (Å²) in [5.74, 6) is -0.979. The predicted octanol–water partition coefficient (Wildman–Crippen LogP) is 2.33. The molecule has 7 heteroatoms. The number of carbonyl (C=O) groups is 1. The number of thiazole rings is 1. The number of ether oxygens (including phenoxy) is 1. The molecule has 0 amide bonds. The smallest absolute Gasteiger partial charge is 0.347 e. The zero-order valence-corrected chi connectivity index (χ0v) is 13.0. The first-order chi connectivity index (χ1) is 10.0. The van der Waals surface area contributed by atoms with Crippen molar-refractivity contribution >= 4 is 22.4 Å². The predicted molar refractivity (Wildman–Crippen MR) is 80.9 cm³/mol. The van der Waals surface area contributed by atoms with Crippen molar-refractivity contribution in [1.82, 2.24) is 9.97 Å². The molecular formula is C14H17N3O3S. The summed E-state index contributed by atoms with van der Waals surface area (Å²) in [6.45, 7) is 2.70. The normalized spacial score (nSPS) is 10.6.